The Bertz CT molecular complexity index is 655. The van der Waals surface area contributed by atoms with Crippen molar-refractivity contribution >= 4 is 16.9 Å². The van der Waals surface area contributed by atoms with Gasteiger partial charge in [0.05, 0.1) is 0 Å². The third kappa shape index (κ3) is 2.58. The quantitative estimate of drug-likeness (QED) is 0.780. The van der Waals surface area contributed by atoms with Gasteiger partial charge < -0.3 is 0 Å². The van der Waals surface area contributed by atoms with E-state index in [2.05, 4.69) is 60.4 Å². The summed E-state index contributed by atoms with van der Waals surface area (Å²) in [5, 5.41) is 0. The molecule has 1 aromatic heterocycles. The van der Waals surface area contributed by atoms with E-state index in [1.54, 1.807) is 5.57 Å². The Kier molecular flexibility index (Phi) is 3.44. The second kappa shape index (κ2) is 5.43. The van der Waals surface area contributed by atoms with Crippen LogP contribution >= 0.6 is 11.3 Å². The van der Waals surface area contributed by atoms with Gasteiger partial charge in [0.2, 0.25) is 0 Å². The van der Waals surface area contributed by atoms with E-state index in [9.17, 15) is 0 Å². The molecule has 2 atom stereocenters. The van der Waals surface area contributed by atoms with Crippen LogP contribution in [-0.2, 0) is 6.54 Å². The van der Waals surface area contributed by atoms with Crippen LogP contribution in [-0.4, -0.2) is 17.0 Å². The summed E-state index contributed by atoms with van der Waals surface area (Å²) in [5.74, 6) is 0. The van der Waals surface area contributed by atoms with Gasteiger partial charge >= 0.3 is 0 Å². The van der Waals surface area contributed by atoms with Crippen molar-refractivity contribution in [1.29, 1.82) is 0 Å². The van der Waals surface area contributed by atoms with Gasteiger partial charge in [-0.05, 0) is 49.5 Å². The lowest BCUT2D eigenvalue weighted by molar-refractivity contribution is 0.203. The number of rotatable bonds is 3. The molecule has 0 N–H and O–H groups in total. The maximum Gasteiger partial charge on any atom is 0.0303 e. The highest BCUT2D eigenvalue weighted by atomic mass is 32.1. The highest BCUT2D eigenvalue weighted by Gasteiger charge is 2.36. The van der Waals surface area contributed by atoms with Gasteiger partial charge in [-0.15, -0.1) is 11.3 Å². The number of hydrogen-bond acceptors (Lipinski definition) is 2. The van der Waals surface area contributed by atoms with Crippen LogP contribution in [0.3, 0.4) is 0 Å². The first kappa shape index (κ1) is 13.3. The fourth-order valence-electron chi connectivity index (χ4n) is 3.75. The van der Waals surface area contributed by atoms with Gasteiger partial charge in [0, 0.05) is 28.4 Å². The molecule has 0 radical (unpaired) electrons. The van der Waals surface area contributed by atoms with Gasteiger partial charge in [-0.2, -0.15) is 0 Å². The molecule has 108 valence electrons. The normalized spacial score (nSPS) is 25.1. The highest BCUT2D eigenvalue weighted by Crippen LogP contribution is 2.40. The zero-order valence-corrected chi connectivity index (χ0v) is 13.3. The highest BCUT2D eigenvalue weighted by molar-refractivity contribution is 7.13. The topological polar surface area (TPSA) is 3.24 Å². The van der Waals surface area contributed by atoms with Crippen LogP contribution in [0.5, 0.6) is 0 Å². The van der Waals surface area contributed by atoms with Crippen molar-refractivity contribution < 1.29 is 0 Å². The molecular formula is C19H21NS. The first-order valence-electron chi connectivity index (χ1n) is 7.87. The minimum atomic E-state index is 0.640. The second-order valence-electron chi connectivity index (χ2n) is 6.26. The Morgan fingerprint density at radius 1 is 1.10 bits per heavy atom. The van der Waals surface area contributed by atoms with E-state index in [1.165, 1.54) is 34.6 Å². The second-order valence-corrected chi connectivity index (χ2v) is 7.55. The first-order valence-corrected chi connectivity index (χ1v) is 8.68. The minimum absolute atomic E-state index is 0.640. The number of nitrogens with zero attached hydrogens (tertiary/aromatic N) is 1. The lowest BCUT2D eigenvalue weighted by Gasteiger charge is -2.33. The zero-order valence-electron chi connectivity index (χ0n) is 12.5. The molecule has 4 rings (SSSR count). The summed E-state index contributed by atoms with van der Waals surface area (Å²) in [4.78, 5) is 5.62. The van der Waals surface area contributed by atoms with E-state index in [0.717, 1.165) is 12.6 Å². The summed E-state index contributed by atoms with van der Waals surface area (Å²) in [6, 6.07) is 16.8. The van der Waals surface area contributed by atoms with Crippen molar-refractivity contribution in [3.8, 4) is 0 Å². The van der Waals surface area contributed by atoms with Gasteiger partial charge in [0.15, 0.2) is 0 Å². The predicted octanol–water partition coefficient (Wildman–Crippen LogP) is 4.88. The van der Waals surface area contributed by atoms with Crippen LogP contribution in [0.25, 0.3) is 5.57 Å². The molecule has 1 saturated heterocycles. The molecule has 1 nitrogen and oxygen atoms in total. The Hall–Kier alpha value is -1.38. The standard InChI is InChI=1S/C19H21NS/c1-14-7-10-19(21-14)16-11-17-8-9-18(12-16)20(17)13-15-5-3-2-4-6-15/h2-7,10-11,17-18H,8-9,12-13H2,1H3. The molecular weight excluding hydrogens is 274 g/mol. The van der Waals surface area contributed by atoms with E-state index in [0.29, 0.717) is 6.04 Å². The Morgan fingerprint density at radius 3 is 2.67 bits per heavy atom. The summed E-state index contributed by atoms with van der Waals surface area (Å²) in [5.41, 5.74) is 3.03. The van der Waals surface area contributed by atoms with Crippen LogP contribution in [0, 0.1) is 6.92 Å². The molecule has 2 aliphatic heterocycles. The van der Waals surface area contributed by atoms with Gasteiger partial charge in [-0.3, -0.25) is 4.90 Å². The molecule has 1 aromatic carbocycles. The molecule has 2 heteroatoms. The van der Waals surface area contributed by atoms with Crippen molar-refractivity contribution in [1.82, 2.24) is 4.90 Å². The van der Waals surface area contributed by atoms with E-state index >= 15 is 0 Å². The molecule has 0 amide bonds. The van der Waals surface area contributed by atoms with Gasteiger partial charge in [0.25, 0.3) is 0 Å². The lowest BCUT2D eigenvalue weighted by Crippen LogP contribution is -2.37. The maximum atomic E-state index is 2.71. The number of aryl methyl sites for hydroxylation is 1. The maximum absolute atomic E-state index is 2.71. The SMILES string of the molecule is Cc1ccc(C2=CC3CCC(C2)N3Cc2ccccc2)s1. The molecule has 0 saturated carbocycles. The molecule has 2 bridgehead atoms. The lowest BCUT2D eigenvalue weighted by atomic mass is 9.99. The van der Waals surface area contributed by atoms with Crippen LogP contribution in [0.4, 0.5) is 0 Å². The van der Waals surface area contributed by atoms with Crippen LogP contribution in [0.2, 0.25) is 0 Å². The van der Waals surface area contributed by atoms with E-state index in [1.807, 2.05) is 11.3 Å². The fourth-order valence-corrected chi connectivity index (χ4v) is 4.65. The van der Waals surface area contributed by atoms with Gasteiger partial charge in [-0.1, -0.05) is 36.4 Å². The number of benzene rings is 1. The molecule has 21 heavy (non-hydrogen) atoms. The molecule has 2 unspecified atom stereocenters. The van der Waals surface area contributed by atoms with E-state index in [-0.39, 0.29) is 0 Å². The minimum Gasteiger partial charge on any atom is -0.289 e. The zero-order chi connectivity index (χ0) is 14.2. The number of thiophene rings is 1. The Balaban J connectivity index is 1.56. The summed E-state index contributed by atoms with van der Waals surface area (Å²) < 4.78 is 0. The van der Waals surface area contributed by atoms with Gasteiger partial charge in [-0.25, -0.2) is 0 Å². The van der Waals surface area contributed by atoms with E-state index in [4.69, 9.17) is 0 Å². The van der Waals surface area contributed by atoms with Crippen molar-refractivity contribution in [2.45, 2.75) is 44.8 Å². The van der Waals surface area contributed by atoms with Crippen molar-refractivity contribution in [3.63, 3.8) is 0 Å². The van der Waals surface area contributed by atoms with Gasteiger partial charge in [0.1, 0.15) is 0 Å². The smallest absolute Gasteiger partial charge is 0.0303 e. The third-order valence-corrected chi connectivity index (χ3v) is 5.88. The average molecular weight is 295 g/mol. The van der Waals surface area contributed by atoms with Crippen LogP contribution in [0.1, 0.15) is 34.6 Å². The molecule has 0 spiro atoms. The van der Waals surface area contributed by atoms with Crippen LogP contribution < -0.4 is 0 Å². The predicted molar refractivity (Wildman–Crippen MR) is 90.4 cm³/mol. The molecule has 2 aliphatic rings. The molecule has 1 fully saturated rings. The Morgan fingerprint density at radius 2 is 1.95 bits per heavy atom. The van der Waals surface area contributed by atoms with Crippen LogP contribution in [0.15, 0.2) is 48.5 Å². The summed E-state index contributed by atoms with van der Waals surface area (Å²) in [6.07, 6.45) is 6.44. The third-order valence-electron chi connectivity index (χ3n) is 4.80. The number of fused-ring (bicyclic) bond motifs is 2. The van der Waals surface area contributed by atoms with Crippen molar-refractivity contribution in [2.75, 3.05) is 0 Å². The van der Waals surface area contributed by atoms with E-state index < -0.39 is 0 Å². The van der Waals surface area contributed by atoms with Crippen molar-refractivity contribution in [2.24, 2.45) is 0 Å². The fraction of sp³-hybridized carbons (Fsp3) is 0.368. The Labute approximate surface area is 130 Å². The summed E-state index contributed by atoms with van der Waals surface area (Å²) in [6.45, 7) is 3.30. The largest absolute Gasteiger partial charge is 0.289 e. The first-order chi connectivity index (χ1) is 10.3. The average Bonchev–Trinajstić information content (AvgIpc) is 3.01. The molecule has 3 heterocycles. The molecule has 0 aliphatic carbocycles. The summed E-state index contributed by atoms with van der Waals surface area (Å²) >= 11 is 1.94. The monoisotopic (exact) mass is 295 g/mol. The molecule has 2 aromatic rings. The number of hydrogen-bond donors (Lipinski definition) is 0. The summed E-state index contributed by atoms with van der Waals surface area (Å²) in [7, 11) is 0. The van der Waals surface area contributed by atoms with Crippen molar-refractivity contribution in [3.05, 3.63) is 63.9 Å².